The van der Waals surface area contributed by atoms with Gasteiger partial charge in [0.15, 0.2) is 4.67 Å². The minimum atomic E-state index is -3.96. The van der Waals surface area contributed by atoms with Crippen LogP contribution in [0, 0.1) is 0 Å². The van der Waals surface area contributed by atoms with Crippen LogP contribution in [-0.2, 0) is 13.8 Å². The molecule has 21 heavy (non-hydrogen) atoms. The van der Waals surface area contributed by atoms with E-state index in [1.165, 1.54) is 19.3 Å². The quantitative estimate of drug-likeness (QED) is 0.346. The second-order valence-corrected chi connectivity index (χ2v) is 7.84. The molecule has 1 heterocycles. The van der Waals surface area contributed by atoms with Gasteiger partial charge in [-0.2, -0.15) is 0 Å². The highest BCUT2D eigenvalue weighted by Crippen LogP contribution is 2.29. The summed E-state index contributed by atoms with van der Waals surface area (Å²) in [5.41, 5.74) is 0. The first-order chi connectivity index (χ1) is 9.86. The average Bonchev–Trinajstić information content (AvgIpc) is 2.79. The van der Waals surface area contributed by atoms with Gasteiger partial charge in [0, 0.05) is 16.7 Å². The Morgan fingerprint density at radius 2 is 1.90 bits per heavy atom. The number of esters is 1. The lowest BCUT2D eigenvalue weighted by Gasteiger charge is -2.02. The second-order valence-electron chi connectivity index (χ2n) is 4.59. The molecular formula is C13H18BrClO5S. The van der Waals surface area contributed by atoms with E-state index in [0.717, 1.165) is 25.3 Å². The second kappa shape index (κ2) is 8.80. The molecule has 0 saturated heterocycles. The molecule has 0 unspecified atom stereocenters. The highest BCUT2D eigenvalue weighted by atomic mass is 79.9. The van der Waals surface area contributed by atoms with Crippen LogP contribution in [0.15, 0.2) is 20.0 Å². The van der Waals surface area contributed by atoms with Crippen molar-refractivity contribution >= 4 is 41.6 Å². The average molecular weight is 402 g/mol. The minimum absolute atomic E-state index is 0.107. The molecule has 0 fully saturated rings. The number of unbranched alkanes of at least 4 members (excludes halogenated alkanes) is 5. The van der Waals surface area contributed by atoms with Gasteiger partial charge in [-0.15, -0.1) is 0 Å². The Morgan fingerprint density at radius 1 is 1.29 bits per heavy atom. The molecule has 1 aromatic rings. The summed E-state index contributed by atoms with van der Waals surface area (Å²) >= 11 is 2.90. The van der Waals surface area contributed by atoms with Gasteiger partial charge >= 0.3 is 5.97 Å². The predicted molar refractivity (Wildman–Crippen MR) is 83.1 cm³/mol. The molecule has 0 aromatic carbocycles. The van der Waals surface area contributed by atoms with Crippen LogP contribution in [-0.4, -0.2) is 21.0 Å². The van der Waals surface area contributed by atoms with E-state index in [1.54, 1.807) is 0 Å². The Kier molecular flexibility index (Phi) is 7.76. The lowest BCUT2D eigenvalue weighted by Crippen LogP contribution is -2.05. The van der Waals surface area contributed by atoms with Gasteiger partial charge in [0.25, 0.3) is 9.05 Å². The van der Waals surface area contributed by atoms with Crippen molar-refractivity contribution in [2.45, 2.75) is 50.3 Å². The summed E-state index contributed by atoms with van der Waals surface area (Å²) < 4.78 is 32.3. The minimum Gasteiger partial charge on any atom is -0.460 e. The lowest BCUT2D eigenvalue weighted by molar-refractivity contribution is 0.0460. The molecule has 0 N–H and O–H groups in total. The molecule has 120 valence electrons. The SMILES string of the molecule is CCCCCCCCOC(=O)c1cc(S(=O)(=O)Cl)c(Br)o1. The largest absolute Gasteiger partial charge is 0.460 e. The third kappa shape index (κ3) is 6.40. The Balaban J connectivity index is 2.40. The van der Waals surface area contributed by atoms with E-state index in [4.69, 9.17) is 19.8 Å². The number of furan rings is 1. The van der Waals surface area contributed by atoms with Gasteiger partial charge in [0.1, 0.15) is 4.90 Å². The van der Waals surface area contributed by atoms with Crippen LogP contribution < -0.4 is 0 Å². The molecule has 0 saturated carbocycles. The van der Waals surface area contributed by atoms with Gasteiger partial charge < -0.3 is 9.15 Å². The van der Waals surface area contributed by atoms with Crippen molar-refractivity contribution in [1.29, 1.82) is 0 Å². The number of halogens is 2. The Bertz CT molecular complexity index is 567. The van der Waals surface area contributed by atoms with Gasteiger partial charge in [-0.3, -0.25) is 0 Å². The molecule has 0 aliphatic rings. The molecule has 0 atom stereocenters. The summed E-state index contributed by atoms with van der Waals surface area (Å²) in [6, 6.07) is 1.05. The number of ether oxygens (including phenoxy) is 1. The summed E-state index contributed by atoms with van der Waals surface area (Å²) in [5.74, 6) is -0.886. The summed E-state index contributed by atoms with van der Waals surface area (Å²) in [6.45, 7) is 2.44. The summed E-state index contributed by atoms with van der Waals surface area (Å²) in [4.78, 5) is 11.4. The predicted octanol–water partition coefficient (Wildman–Crippen LogP) is 4.49. The fraction of sp³-hybridized carbons (Fsp3) is 0.615. The van der Waals surface area contributed by atoms with E-state index in [-0.39, 0.29) is 21.9 Å². The van der Waals surface area contributed by atoms with Crippen LogP contribution in [0.3, 0.4) is 0 Å². The third-order valence-corrected chi connectivity index (χ3v) is 5.03. The zero-order valence-corrected chi connectivity index (χ0v) is 14.9. The van der Waals surface area contributed by atoms with Crippen LogP contribution in [0.5, 0.6) is 0 Å². The highest BCUT2D eigenvalue weighted by Gasteiger charge is 2.23. The third-order valence-electron chi connectivity index (χ3n) is 2.85. The Hall–Kier alpha value is -0.530. The highest BCUT2D eigenvalue weighted by molar-refractivity contribution is 9.10. The zero-order valence-electron chi connectivity index (χ0n) is 11.7. The van der Waals surface area contributed by atoms with Crippen molar-refractivity contribution in [1.82, 2.24) is 0 Å². The molecule has 8 heteroatoms. The van der Waals surface area contributed by atoms with Crippen molar-refractivity contribution in [2.24, 2.45) is 0 Å². The lowest BCUT2D eigenvalue weighted by atomic mass is 10.1. The van der Waals surface area contributed by atoms with E-state index < -0.39 is 15.0 Å². The zero-order chi connectivity index (χ0) is 15.9. The van der Waals surface area contributed by atoms with Crippen LogP contribution in [0.2, 0.25) is 0 Å². The fourth-order valence-corrected chi connectivity index (χ4v) is 3.77. The van der Waals surface area contributed by atoms with Crippen LogP contribution >= 0.6 is 26.6 Å². The van der Waals surface area contributed by atoms with Crippen LogP contribution in [0.4, 0.5) is 0 Å². The molecule has 0 amide bonds. The van der Waals surface area contributed by atoms with E-state index in [2.05, 4.69) is 22.9 Å². The topological polar surface area (TPSA) is 73.6 Å². The molecule has 0 bridgehead atoms. The van der Waals surface area contributed by atoms with Crippen molar-refractivity contribution in [3.63, 3.8) is 0 Å². The summed E-state index contributed by atoms with van der Waals surface area (Å²) in [5, 5.41) is 0. The first-order valence-corrected chi connectivity index (χ1v) is 9.87. The molecule has 0 aliphatic heterocycles. The maximum atomic E-state index is 11.7. The van der Waals surface area contributed by atoms with E-state index >= 15 is 0 Å². The van der Waals surface area contributed by atoms with Gasteiger partial charge in [-0.25, -0.2) is 13.2 Å². The first-order valence-electron chi connectivity index (χ1n) is 6.77. The van der Waals surface area contributed by atoms with Gasteiger partial charge in [-0.1, -0.05) is 39.0 Å². The van der Waals surface area contributed by atoms with E-state index in [1.807, 2.05) is 0 Å². The Morgan fingerprint density at radius 3 is 2.48 bits per heavy atom. The number of hydrogen-bond acceptors (Lipinski definition) is 5. The van der Waals surface area contributed by atoms with Crippen molar-refractivity contribution in [2.75, 3.05) is 6.61 Å². The maximum Gasteiger partial charge on any atom is 0.374 e. The fourth-order valence-electron chi connectivity index (χ4n) is 1.74. The van der Waals surface area contributed by atoms with Gasteiger partial charge in [-0.05, 0) is 22.4 Å². The van der Waals surface area contributed by atoms with Gasteiger partial charge in [0.05, 0.1) is 6.61 Å². The van der Waals surface area contributed by atoms with Crippen LogP contribution in [0.25, 0.3) is 0 Å². The van der Waals surface area contributed by atoms with Crippen LogP contribution in [0.1, 0.15) is 56.0 Å². The number of hydrogen-bond donors (Lipinski definition) is 0. The molecule has 1 rings (SSSR count). The molecular weight excluding hydrogens is 384 g/mol. The smallest absolute Gasteiger partial charge is 0.374 e. The van der Waals surface area contributed by atoms with E-state index in [9.17, 15) is 13.2 Å². The Labute approximate surface area is 137 Å². The number of rotatable bonds is 9. The van der Waals surface area contributed by atoms with E-state index in [0.29, 0.717) is 0 Å². The molecule has 1 aromatic heterocycles. The van der Waals surface area contributed by atoms with Crippen molar-refractivity contribution in [3.8, 4) is 0 Å². The number of carbonyl (C=O) groups excluding carboxylic acids is 1. The molecule has 0 aliphatic carbocycles. The number of carbonyl (C=O) groups is 1. The molecule has 0 spiro atoms. The summed E-state index contributed by atoms with van der Waals surface area (Å²) in [6.07, 6.45) is 6.48. The normalized spacial score (nSPS) is 11.6. The van der Waals surface area contributed by atoms with Crippen molar-refractivity contribution < 1.29 is 22.4 Å². The molecule has 0 radical (unpaired) electrons. The standard InChI is InChI=1S/C13H18BrClO5S/c1-2-3-4-5-6-7-8-19-13(16)10-9-11(12(14)20-10)21(15,17)18/h9H,2-8H2,1H3. The molecule has 5 nitrogen and oxygen atoms in total. The monoisotopic (exact) mass is 400 g/mol. The summed E-state index contributed by atoms with van der Waals surface area (Å²) in [7, 11) is 1.24. The maximum absolute atomic E-state index is 11.7. The van der Waals surface area contributed by atoms with Gasteiger partial charge in [0.2, 0.25) is 5.76 Å². The first kappa shape index (κ1) is 18.5. The van der Waals surface area contributed by atoms with Crippen molar-refractivity contribution in [3.05, 3.63) is 16.5 Å².